The zero-order chi connectivity index (χ0) is 21.0. The first-order valence-corrected chi connectivity index (χ1v) is 13.5. The van der Waals surface area contributed by atoms with Crippen LogP contribution in [0.4, 0.5) is 0 Å². The molecule has 1 aliphatic rings. The number of carbonyl (C=O) groups excluding carboxylic acids is 1. The molecule has 0 unspecified atom stereocenters. The van der Waals surface area contributed by atoms with Crippen molar-refractivity contribution in [3.63, 3.8) is 0 Å². The maximum absolute atomic E-state index is 12.9. The van der Waals surface area contributed by atoms with Crippen LogP contribution in [-0.2, 0) is 6.54 Å². The number of nitrogens with two attached hydrogens (primary N) is 1. The summed E-state index contributed by atoms with van der Waals surface area (Å²) < 4.78 is 5.61. The molecule has 0 spiro atoms. The molecule has 3 N–H and O–H groups in total. The van der Waals surface area contributed by atoms with Gasteiger partial charge in [-0.25, -0.2) is 0 Å². The Labute approximate surface area is 178 Å². The molecule has 2 aromatic carbocycles. The molecular weight excluding hydrogens is 404 g/mol. The van der Waals surface area contributed by atoms with Crippen molar-refractivity contribution >= 4 is 25.8 Å². The van der Waals surface area contributed by atoms with Crippen molar-refractivity contribution in [3.05, 3.63) is 64.2 Å². The lowest BCUT2D eigenvalue weighted by Gasteiger charge is -2.32. The Morgan fingerprint density at radius 2 is 1.97 bits per heavy atom. The minimum absolute atomic E-state index is 0.00975. The molecule has 0 saturated carbocycles. The third-order valence-corrected chi connectivity index (χ3v) is 6.35. The summed E-state index contributed by atoms with van der Waals surface area (Å²) in [5.74, 6) is 0.941. The molecule has 1 aliphatic heterocycles. The lowest BCUT2D eigenvalue weighted by atomic mass is 9.88. The van der Waals surface area contributed by atoms with Crippen molar-refractivity contribution < 1.29 is 14.3 Å². The van der Waals surface area contributed by atoms with Crippen LogP contribution in [0, 0.1) is 0 Å². The summed E-state index contributed by atoms with van der Waals surface area (Å²) in [5.41, 5.74) is 8.76. The Balaban J connectivity index is 1.61. The van der Waals surface area contributed by atoms with Gasteiger partial charge in [0.2, 0.25) is 8.32 Å². The summed E-state index contributed by atoms with van der Waals surface area (Å²) in [5, 5.41) is 0.391. The maximum Gasteiger partial charge on any atom is 0.253 e. The summed E-state index contributed by atoms with van der Waals surface area (Å²) in [7, 11) is -2.33. The summed E-state index contributed by atoms with van der Waals surface area (Å²) in [6.45, 7) is 5.58. The van der Waals surface area contributed by atoms with E-state index in [0.29, 0.717) is 28.8 Å². The fourth-order valence-corrected chi connectivity index (χ4v) is 4.32. The molecule has 156 valence electrons. The van der Waals surface area contributed by atoms with E-state index in [1.54, 1.807) is 31.3 Å². The molecule has 0 aliphatic carbocycles. The minimum atomic E-state index is -2.33. The first kappa shape index (κ1) is 21.8. The molecule has 1 heterocycles. The third kappa shape index (κ3) is 5.82. The van der Waals surface area contributed by atoms with E-state index >= 15 is 0 Å². The van der Waals surface area contributed by atoms with Crippen molar-refractivity contribution in [3.8, 4) is 5.75 Å². The van der Waals surface area contributed by atoms with Crippen LogP contribution in [0.15, 0.2) is 42.5 Å². The predicted octanol–water partition coefficient (Wildman–Crippen LogP) is 3.93. The van der Waals surface area contributed by atoms with Gasteiger partial charge in [-0.2, -0.15) is 0 Å². The van der Waals surface area contributed by atoms with Gasteiger partial charge in [0, 0.05) is 25.2 Å². The Morgan fingerprint density at radius 3 is 2.59 bits per heavy atom. The lowest BCUT2D eigenvalue weighted by Crippen LogP contribution is -2.38. The van der Waals surface area contributed by atoms with Gasteiger partial charge in [-0.1, -0.05) is 35.9 Å². The first-order valence-electron chi connectivity index (χ1n) is 10.00. The number of likely N-dealkylation sites (tertiary alicyclic amines) is 1. The van der Waals surface area contributed by atoms with Crippen LogP contribution in [-0.4, -0.2) is 43.2 Å². The summed E-state index contributed by atoms with van der Waals surface area (Å²) >= 11 is 6.30. The number of hydrogen-bond acceptors (Lipinski definition) is 4. The summed E-state index contributed by atoms with van der Waals surface area (Å²) in [6, 6.07) is 13.5. The van der Waals surface area contributed by atoms with Crippen LogP contribution in [0.25, 0.3) is 0 Å². The third-order valence-electron chi connectivity index (χ3n) is 5.20. The molecule has 5 nitrogen and oxygen atoms in total. The molecule has 3 rings (SSSR count). The number of nitrogens with zero attached hydrogens (tertiary/aromatic N) is 1. The van der Waals surface area contributed by atoms with E-state index < -0.39 is 8.32 Å². The number of carbonyl (C=O) groups is 1. The Kier molecular flexibility index (Phi) is 7.00. The molecule has 0 radical (unpaired) electrons. The molecule has 1 saturated heterocycles. The van der Waals surface area contributed by atoms with Gasteiger partial charge in [0.1, 0.15) is 12.0 Å². The number of halogens is 1. The van der Waals surface area contributed by atoms with E-state index in [2.05, 4.69) is 18.2 Å². The molecule has 1 fully saturated rings. The van der Waals surface area contributed by atoms with Crippen molar-refractivity contribution in [2.24, 2.45) is 5.73 Å². The van der Waals surface area contributed by atoms with E-state index in [0.717, 1.165) is 31.5 Å². The second-order valence-electron chi connectivity index (χ2n) is 8.26. The summed E-state index contributed by atoms with van der Waals surface area (Å²) in [4.78, 5) is 24.7. The number of ether oxygens (including phenoxy) is 1. The van der Waals surface area contributed by atoms with Gasteiger partial charge in [-0.3, -0.25) is 4.79 Å². The quantitative estimate of drug-likeness (QED) is 0.678. The molecule has 2 aromatic rings. The van der Waals surface area contributed by atoms with Crippen LogP contribution >= 0.6 is 11.6 Å². The normalized spacial score (nSPS) is 15.4. The molecule has 29 heavy (non-hydrogen) atoms. The lowest BCUT2D eigenvalue weighted by molar-refractivity contribution is 0.0713. The number of rotatable bonds is 6. The van der Waals surface area contributed by atoms with E-state index in [1.807, 2.05) is 11.0 Å². The molecule has 0 atom stereocenters. The monoisotopic (exact) mass is 432 g/mol. The molecule has 7 heteroatoms. The highest BCUT2D eigenvalue weighted by molar-refractivity contribution is 6.69. The zero-order valence-corrected chi connectivity index (χ0v) is 18.8. The van der Waals surface area contributed by atoms with Crippen LogP contribution in [0.1, 0.15) is 40.2 Å². The first-order chi connectivity index (χ1) is 13.8. The number of benzene rings is 2. The average Bonchev–Trinajstić information content (AvgIpc) is 2.72. The van der Waals surface area contributed by atoms with Crippen molar-refractivity contribution in [1.82, 2.24) is 4.90 Å². The fraction of sp³-hybridized carbons (Fsp3) is 0.409. The molecule has 0 aromatic heterocycles. The van der Waals surface area contributed by atoms with Crippen molar-refractivity contribution in [1.29, 1.82) is 0 Å². The second-order valence-corrected chi connectivity index (χ2v) is 12.6. The fourth-order valence-electron chi connectivity index (χ4n) is 3.58. The Morgan fingerprint density at radius 1 is 1.24 bits per heavy atom. The number of piperidine rings is 1. The largest absolute Gasteiger partial charge is 0.493 e. The van der Waals surface area contributed by atoms with Crippen LogP contribution in [0.2, 0.25) is 18.1 Å². The van der Waals surface area contributed by atoms with Gasteiger partial charge in [-0.05, 0) is 61.2 Å². The average molecular weight is 433 g/mol. The van der Waals surface area contributed by atoms with Crippen LogP contribution in [0.3, 0.4) is 0 Å². The predicted molar refractivity (Wildman–Crippen MR) is 119 cm³/mol. The van der Waals surface area contributed by atoms with Gasteiger partial charge >= 0.3 is 0 Å². The van der Waals surface area contributed by atoms with Gasteiger partial charge in [-0.15, -0.1) is 0 Å². The molecule has 1 amide bonds. The van der Waals surface area contributed by atoms with Gasteiger partial charge in [0.15, 0.2) is 0 Å². The highest BCUT2D eigenvalue weighted by Gasteiger charge is 2.25. The Hall–Kier alpha value is -1.86. The van der Waals surface area contributed by atoms with E-state index in [4.69, 9.17) is 22.1 Å². The van der Waals surface area contributed by atoms with E-state index in [9.17, 15) is 9.59 Å². The number of hydrogen-bond donors (Lipinski definition) is 2. The highest BCUT2D eigenvalue weighted by atomic mass is 35.5. The van der Waals surface area contributed by atoms with Crippen molar-refractivity contribution in [2.45, 2.75) is 38.4 Å². The van der Waals surface area contributed by atoms with Gasteiger partial charge in [0.05, 0.1) is 5.02 Å². The highest BCUT2D eigenvalue weighted by Crippen LogP contribution is 2.31. The standard InChI is InChI=1S/C22H29ClN2O3Si/c1-29(2,27)15-28-21-7-6-19(13-20(21)23)22(26)25-10-8-17(9-11-25)18-5-3-4-16(12-18)14-24/h3-7,12-13,17,27H,8-11,14-15,24H2,1-2H3. The second kappa shape index (κ2) is 9.30. The smallest absolute Gasteiger partial charge is 0.253 e. The molecular formula is C22H29ClN2O3Si. The zero-order valence-electron chi connectivity index (χ0n) is 17.0. The molecule has 0 bridgehead atoms. The Bertz CT molecular complexity index is 861. The summed E-state index contributed by atoms with van der Waals surface area (Å²) in [6.07, 6.45) is 2.13. The maximum atomic E-state index is 12.9. The van der Waals surface area contributed by atoms with Gasteiger partial charge in [0.25, 0.3) is 5.91 Å². The van der Waals surface area contributed by atoms with E-state index in [1.165, 1.54) is 5.56 Å². The van der Waals surface area contributed by atoms with Crippen LogP contribution in [0.5, 0.6) is 5.75 Å². The van der Waals surface area contributed by atoms with Gasteiger partial charge < -0.3 is 20.2 Å². The van der Waals surface area contributed by atoms with Crippen LogP contribution < -0.4 is 10.5 Å². The van der Waals surface area contributed by atoms with E-state index in [-0.39, 0.29) is 12.1 Å². The SMILES string of the molecule is C[Si](C)(O)COc1ccc(C(=O)N2CCC(c3cccc(CN)c3)CC2)cc1Cl. The number of amides is 1. The minimum Gasteiger partial charge on any atom is -0.493 e. The van der Waals surface area contributed by atoms with Crippen molar-refractivity contribution in [2.75, 3.05) is 19.3 Å². The topological polar surface area (TPSA) is 75.8 Å².